The maximum atomic E-state index is 13.4. The van der Waals surface area contributed by atoms with Crippen LogP contribution >= 0.6 is 0 Å². The van der Waals surface area contributed by atoms with Gasteiger partial charge >= 0.3 is 0 Å². The minimum absolute atomic E-state index is 0.146. The molecule has 0 atom stereocenters. The summed E-state index contributed by atoms with van der Waals surface area (Å²) in [6.07, 6.45) is 1.85. The van der Waals surface area contributed by atoms with E-state index in [0.717, 1.165) is 24.2 Å². The summed E-state index contributed by atoms with van der Waals surface area (Å²) in [4.78, 5) is 4.65. The molecule has 0 spiro atoms. The molecule has 0 aliphatic heterocycles. The van der Waals surface area contributed by atoms with Crippen molar-refractivity contribution in [1.29, 1.82) is 0 Å². The largest absolute Gasteiger partial charge is 0.383 e. The van der Waals surface area contributed by atoms with Crippen LogP contribution < -0.4 is 5.73 Å². The van der Waals surface area contributed by atoms with Crippen LogP contribution in [0.1, 0.15) is 39.9 Å². The highest BCUT2D eigenvalue weighted by atomic mass is 19.1. The minimum Gasteiger partial charge on any atom is -0.383 e. The van der Waals surface area contributed by atoms with E-state index in [1.807, 2.05) is 6.07 Å². The fourth-order valence-corrected chi connectivity index (χ4v) is 2.47. The number of nitrogens with two attached hydrogens (primary N) is 1. The number of rotatable bonds is 3. The van der Waals surface area contributed by atoms with Crippen molar-refractivity contribution in [3.05, 3.63) is 35.9 Å². The summed E-state index contributed by atoms with van der Waals surface area (Å²) in [5, 5.41) is 0. The van der Waals surface area contributed by atoms with Crippen molar-refractivity contribution >= 4 is 5.82 Å². The number of hydrogen-bond donors (Lipinski definition) is 1. The summed E-state index contributed by atoms with van der Waals surface area (Å²) in [6.45, 7) is 8.40. The summed E-state index contributed by atoms with van der Waals surface area (Å²) in [7, 11) is 0. The minimum atomic E-state index is -0.274. The van der Waals surface area contributed by atoms with Crippen molar-refractivity contribution in [2.45, 2.75) is 46.1 Å². The molecule has 0 aliphatic carbocycles. The quantitative estimate of drug-likeness (QED) is 0.920. The van der Waals surface area contributed by atoms with Crippen LogP contribution in [0.3, 0.4) is 0 Å². The molecular formula is C16H22FN3. The summed E-state index contributed by atoms with van der Waals surface area (Å²) in [5.74, 6) is 1.28. The molecule has 0 aliphatic rings. The topological polar surface area (TPSA) is 43.8 Å². The van der Waals surface area contributed by atoms with Gasteiger partial charge in [0.2, 0.25) is 0 Å². The highest BCUT2D eigenvalue weighted by Gasteiger charge is 2.24. The molecule has 1 aromatic carbocycles. The van der Waals surface area contributed by atoms with Crippen LogP contribution in [0, 0.1) is 5.82 Å². The zero-order valence-corrected chi connectivity index (χ0v) is 12.6. The predicted octanol–water partition coefficient (Wildman–Crippen LogP) is 3.98. The van der Waals surface area contributed by atoms with E-state index in [2.05, 4.69) is 37.2 Å². The van der Waals surface area contributed by atoms with Gasteiger partial charge < -0.3 is 10.3 Å². The number of aromatic nitrogens is 2. The molecule has 0 bridgehead atoms. The number of benzene rings is 1. The number of nitrogen functional groups attached to an aromatic ring is 1. The molecule has 0 radical (unpaired) electrons. The molecule has 20 heavy (non-hydrogen) atoms. The maximum Gasteiger partial charge on any atom is 0.132 e. The number of anilines is 1. The fourth-order valence-electron chi connectivity index (χ4n) is 2.47. The van der Waals surface area contributed by atoms with E-state index in [9.17, 15) is 4.39 Å². The van der Waals surface area contributed by atoms with E-state index in [0.29, 0.717) is 11.5 Å². The molecule has 0 unspecified atom stereocenters. The van der Waals surface area contributed by atoms with Gasteiger partial charge in [-0.3, -0.25) is 0 Å². The van der Waals surface area contributed by atoms with E-state index in [1.54, 1.807) is 6.07 Å². The Morgan fingerprint density at radius 1 is 1.30 bits per heavy atom. The molecule has 0 fully saturated rings. The first-order valence-electron chi connectivity index (χ1n) is 6.98. The Labute approximate surface area is 119 Å². The lowest BCUT2D eigenvalue weighted by molar-refractivity contribution is 0.387. The van der Waals surface area contributed by atoms with Crippen molar-refractivity contribution in [3.8, 4) is 11.3 Å². The zero-order valence-electron chi connectivity index (χ0n) is 12.6. The first-order chi connectivity index (χ1) is 9.34. The van der Waals surface area contributed by atoms with E-state index in [4.69, 9.17) is 5.73 Å². The van der Waals surface area contributed by atoms with Gasteiger partial charge in [-0.05, 0) is 39.3 Å². The highest BCUT2D eigenvalue weighted by molar-refractivity contribution is 5.71. The SMILES string of the molecule is CCCc1nc(-c2cccc(F)c2)c(N)n1C(C)(C)C. The van der Waals surface area contributed by atoms with Crippen LogP contribution in [0.5, 0.6) is 0 Å². The fraction of sp³-hybridized carbons (Fsp3) is 0.438. The lowest BCUT2D eigenvalue weighted by atomic mass is 10.1. The summed E-state index contributed by atoms with van der Waals surface area (Å²) in [5.41, 5.74) is 7.53. The van der Waals surface area contributed by atoms with Crippen LogP contribution in [0.15, 0.2) is 24.3 Å². The number of halogens is 1. The molecule has 4 heteroatoms. The summed E-state index contributed by atoms with van der Waals surface area (Å²) >= 11 is 0. The third-order valence-corrected chi connectivity index (χ3v) is 3.22. The van der Waals surface area contributed by atoms with Gasteiger partial charge in [-0.15, -0.1) is 0 Å². The van der Waals surface area contributed by atoms with Gasteiger partial charge in [0.25, 0.3) is 0 Å². The van der Waals surface area contributed by atoms with E-state index >= 15 is 0 Å². The second-order valence-electron chi connectivity index (χ2n) is 6.03. The average Bonchev–Trinajstić information content (AvgIpc) is 2.66. The standard InChI is InChI=1S/C16H22FN3/c1-5-7-13-19-14(11-8-6-9-12(17)10-11)15(18)20(13)16(2,3)4/h6,8-10H,5,7,18H2,1-4H3. The number of nitrogens with zero attached hydrogens (tertiary/aromatic N) is 2. The van der Waals surface area contributed by atoms with Crippen molar-refractivity contribution < 1.29 is 4.39 Å². The Balaban J connectivity index is 2.61. The second kappa shape index (κ2) is 5.27. The van der Waals surface area contributed by atoms with E-state index in [1.165, 1.54) is 12.1 Å². The average molecular weight is 275 g/mol. The zero-order chi connectivity index (χ0) is 14.9. The van der Waals surface area contributed by atoms with Gasteiger partial charge in [-0.25, -0.2) is 9.37 Å². The predicted molar refractivity (Wildman–Crippen MR) is 81.0 cm³/mol. The van der Waals surface area contributed by atoms with E-state index < -0.39 is 0 Å². The van der Waals surface area contributed by atoms with Crippen molar-refractivity contribution in [2.24, 2.45) is 0 Å². The van der Waals surface area contributed by atoms with Gasteiger partial charge in [-0.1, -0.05) is 19.1 Å². The molecule has 0 saturated heterocycles. The Morgan fingerprint density at radius 3 is 2.55 bits per heavy atom. The van der Waals surface area contributed by atoms with Crippen LogP contribution in [0.4, 0.5) is 10.2 Å². The molecule has 108 valence electrons. The van der Waals surface area contributed by atoms with Gasteiger partial charge in [0.15, 0.2) is 0 Å². The Kier molecular flexibility index (Phi) is 3.84. The molecule has 0 saturated carbocycles. The first-order valence-corrected chi connectivity index (χ1v) is 6.98. The Hall–Kier alpha value is -1.84. The third-order valence-electron chi connectivity index (χ3n) is 3.22. The molecule has 3 nitrogen and oxygen atoms in total. The number of aryl methyl sites for hydroxylation is 1. The molecule has 2 rings (SSSR count). The van der Waals surface area contributed by atoms with Crippen molar-refractivity contribution in [2.75, 3.05) is 5.73 Å². The van der Waals surface area contributed by atoms with Crippen LogP contribution in [-0.4, -0.2) is 9.55 Å². The van der Waals surface area contributed by atoms with Crippen LogP contribution in [0.25, 0.3) is 11.3 Å². The van der Waals surface area contributed by atoms with Crippen molar-refractivity contribution in [1.82, 2.24) is 9.55 Å². The molecule has 2 aromatic rings. The number of hydrogen-bond acceptors (Lipinski definition) is 2. The molecule has 1 aromatic heterocycles. The second-order valence-corrected chi connectivity index (χ2v) is 6.03. The Bertz CT molecular complexity index is 609. The number of imidazole rings is 1. The monoisotopic (exact) mass is 275 g/mol. The normalized spacial score (nSPS) is 11.8. The molecule has 2 N–H and O–H groups in total. The van der Waals surface area contributed by atoms with Crippen LogP contribution in [0.2, 0.25) is 0 Å². The van der Waals surface area contributed by atoms with E-state index in [-0.39, 0.29) is 11.4 Å². The van der Waals surface area contributed by atoms with Gasteiger partial charge in [0.1, 0.15) is 23.2 Å². The first kappa shape index (κ1) is 14.6. The van der Waals surface area contributed by atoms with Gasteiger partial charge in [0.05, 0.1) is 0 Å². The molecule has 1 heterocycles. The molecular weight excluding hydrogens is 253 g/mol. The highest BCUT2D eigenvalue weighted by Crippen LogP contribution is 2.32. The summed E-state index contributed by atoms with van der Waals surface area (Å²) < 4.78 is 15.5. The summed E-state index contributed by atoms with van der Waals surface area (Å²) in [6, 6.07) is 6.42. The van der Waals surface area contributed by atoms with Gasteiger partial charge in [-0.2, -0.15) is 0 Å². The molecule has 0 amide bonds. The smallest absolute Gasteiger partial charge is 0.132 e. The maximum absolute atomic E-state index is 13.4. The lowest BCUT2D eigenvalue weighted by Gasteiger charge is -2.25. The van der Waals surface area contributed by atoms with Crippen LogP contribution in [-0.2, 0) is 12.0 Å². The lowest BCUT2D eigenvalue weighted by Crippen LogP contribution is -2.25. The van der Waals surface area contributed by atoms with Crippen molar-refractivity contribution in [3.63, 3.8) is 0 Å². The van der Waals surface area contributed by atoms with Gasteiger partial charge in [0, 0.05) is 17.5 Å². The Morgan fingerprint density at radius 2 is 2.00 bits per heavy atom. The third kappa shape index (κ3) is 2.69.